The lowest BCUT2D eigenvalue weighted by atomic mass is 10.1. The number of nitrogens with zero attached hydrogens (tertiary/aromatic N) is 1. The third-order valence-corrected chi connectivity index (χ3v) is 5.55. The Hall–Kier alpha value is -4.13. The van der Waals surface area contributed by atoms with Crippen LogP contribution in [0.25, 0.3) is 0 Å². The molecule has 3 aromatic carbocycles. The number of ether oxygens (including phenoxy) is 3. The van der Waals surface area contributed by atoms with E-state index in [9.17, 15) is 14.4 Å². The van der Waals surface area contributed by atoms with Gasteiger partial charge in [-0.05, 0) is 54.4 Å². The van der Waals surface area contributed by atoms with E-state index in [1.54, 1.807) is 41.3 Å². The van der Waals surface area contributed by atoms with Crippen molar-refractivity contribution in [2.45, 2.75) is 19.4 Å². The molecule has 34 heavy (non-hydrogen) atoms. The van der Waals surface area contributed by atoms with Crippen LogP contribution in [0.2, 0.25) is 0 Å². The molecule has 0 aliphatic carbocycles. The van der Waals surface area contributed by atoms with E-state index >= 15 is 0 Å². The van der Waals surface area contributed by atoms with Crippen molar-refractivity contribution in [2.75, 3.05) is 25.2 Å². The van der Waals surface area contributed by atoms with Crippen LogP contribution in [0.3, 0.4) is 0 Å². The largest absolute Gasteiger partial charge is 0.493 e. The smallest absolute Gasteiger partial charge is 0.338 e. The van der Waals surface area contributed by atoms with Crippen molar-refractivity contribution in [3.63, 3.8) is 0 Å². The molecule has 3 aromatic rings. The Morgan fingerprint density at radius 2 is 1.65 bits per heavy atom. The number of esters is 1. The summed E-state index contributed by atoms with van der Waals surface area (Å²) in [6.07, 6.45) is 1.38. The van der Waals surface area contributed by atoms with Gasteiger partial charge in [0.05, 0.1) is 12.7 Å². The van der Waals surface area contributed by atoms with Crippen LogP contribution in [0.15, 0.2) is 72.8 Å². The molecule has 0 spiro atoms. The third-order valence-electron chi connectivity index (χ3n) is 5.55. The van der Waals surface area contributed by atoms with Crippen LogP contribution in [-0.2, 0) is 16.1 Å². The van der Waals surface area contributed by atoms with Gasteiger partial charge in [0.1, 0.15) is 6.61 Å². The minimum absolute atomic E-state index is 0.0833. The van der Waals surface area contributed by atoms with Gasteiger partial charge in [-0.2, -0.15) is 0 Å². The molecule has 7 heteroatoms. The summed E-state index contributed by atoms with van der Waals surface area (Å²) in [5, 5.41) is 0. The maximum atomic E-state index is 12.5. The summed E-state index contributed by atoms with van der Waals surface area (Å²) in [4.78, 5) is 38.5. The molecule has 1 aliphatic heterocycles. The molecule has 0 N–H and O–H groups in total. The fourth-order valence-electron chi connectivity index (χ4n) is 3.70. The van der Waals surface area contributed by atoms with E-state index in [0.29, 0.717) is 36.6 Å². The molecule has 1 amide bonds. The Balaban J connectivity index is 1.34. The Labute approximate surface area is 197 Å². The number of carbonyl (C=O) groups is 3. The third kappa shape index (κ3) is 5.43. The summed E-state index contributed by atoms with van der Waals surface area (Å²) in [6, 6.07) is 21.2. The minimum atomic E-state index is -0.638. The fraction of sp³-hybridized carbons (Fsp3) is 0.222. The van der Waals surface area contributed by atoms with E-state index < -0.39 is 12.6 Å². The Kier molecular flexibility index (Phi) is 7.22. The molecule has 0 unspecified atom stereocenters. The molecular formula is C27H25NO6. The number of amides is 1. The average Bonchev–Trinajstić information content (AvgIpc) is 3.32. The van der Waals surface area contributed by atoms with Crippen LogP contribution in [-0.4, -0.2) is 37.9 Å². The molecule has 1 heterocycles. The predicted molar refractivity (Wildman–Crippen MR) is 126 cm³/mol. The lowest BCUT2D eigenvalue weighted by Crippen LogP contribution is -2.23. The lowest BCUT2D eigenvalue weighted by molar-refractivity contribution is -0.117. The molecule has 0 aromatic heterocycles. The highest BCUT2D eigenvalue weighted by atomic mass is 16.5. The van der Waals surface area contributed by atoms with Crippen LogP contribution in [0.4, 0.5) is 5.69 Å². The van der Waals surface area contributed by atoms with Crippen molar-refractivity contribution in [3.05, 3.63) is 89.5 Å². The summed E-state index contributed by atoms with van der Waals surface area (Å²) in [7, 11) is 1.49. The quantitative estimate of drug-likeness (QED) is 0.348. The van der Waals surface area contributed by atoms with E-state index in [-0.39, 0.29) is 17.3 Å². The SMILES string of the molecule is COc1cc(C(=O)OCC(=O)c2ccc(N3CCCC3=O)cc2)ccc1OCc1ccccc1. The fourth-order valence-corrected chi connectivity index (χ4v) is 3.70. The number of ketones is 1. The zero-order valence-electron chi connectivity index (χ0n) is 18.9. The first kappa shape index (κ1) is 23.0. The Bertz CT molecular complexity index is 1170. The van der Waals surface area contributed by atoms with Gasteiger partial charge in [0, 0.05) is 24.2 Å². The molecule has 1 saturated heterocycles. The van der Waals surface area contributed by atoms with Gasteiger partial charge < -0.3 is 19.1 Å². The Morgan fingerprint density at radius 1 is 0.912 bits per heavy atom. The van der Waals surface area contributed by atoms with Gasteiger partial charge in [0.15, 0.2) is 23.9 Å². The zero-order valence-corrected chi connectivity index (χ0v) is 18.9. The average molecular weight is 459 g/mol. The van der Waals surface area contributed by atoms with Crippen LogP contribution in [0.1, 0.15) is 39.1 Å². The standard InChI is InChI=1S/C27H25NO6/c1-32-25-16-21(11-14-24(25)33-17-19-6-3-2-4-7-19)27(31)34-18-23(29)20-9-12-22(13-10-20)28-15-5-8-26(28)30/h2-4,6-7,9-14,16H,5,8,15,17-18H2,1H3. The topological polar surface area (TPSA) is 82.1 Å². The molecular weight excluding hydrogens is 434 g/mol. The van der Waals surface area contributed by atoms with Crippen molar-refractivity contribution in [1.82, 2.24) is 0 Å². The highest BCUT2D eigenvalue weighted by Gasteiger charge is 2.22. The minimum Gasteiger partial charge on any atom is -0.493 e. The molecule has 174 valence electrons. The summed E-state index contributed by atoms with van der Waals surface area (Å²) in [5.41, 5.74) is 2.43. The highest BCUT2D eigenvalue weighted by Crippen LogP contribution is 2.29. The van der Waals surface area contributed by atoms with Gasteiger partial charge in [-0.15, -0.1) is 0 Å². The molecule has 7 nitrogen and oxygen atoms in total. The van der Waals surface area contributed by atoms with Crippen molar-refractivity contribution >= 4 is 23.3 Å². The summed E-state index contributed by atoms with van der Waals surface area (Å²) in [5.74, 6) is 0.00204. The van der Waals surface area contributed by atoms with Gasteiger partial charge in [0.2, 0.25) is 5.91 Å². The second-order valence-corrected chi connectivity index (χ2v) is 7.84. The summed E-state index contributed by atoms with van der Waals surface area (Å²) >= 11 is 0. The second-order valence-electron chi connectivity index (χ2n) is 7.84. The number of hydrogen-bond donors (Lipinski definition) is 0. The highest BCUT2D eigenvalue weighted by molar-refractivity contribution is 6.00. The lowest BCUT2D eigenvalue weighted by Gasteiger charge is -2.15. The number of carbonyl (C=O) groups excluding carboxylic acids is 3. The van der Waals surface area contributed by atoms with Gasteiger partial charge >= 0.3 is 5.97 Å². The number of methoxy groups -OCH3 is 1. The van der Waals surface area contributed by atoms with Gasteiger partial charge in [0.25, 0.3) is 0 Å². The van der Waals surface area contributed by atoms with Crippen LogP contribution in [0, 0.1) is 0 Å². The first-order valence-corrected chi connectivity index (χ1v) is 11.0. The molecule has 0 radical (unpaired) electrons. The number of benzene rings is 3. The van der Waals surface area contributed by atoms with Crippen LogP contribution in [0.5, 0.6) is 11.5 Å². The van der Waals surface area contributed by atoms with Crippen molar-refractivity contribution in [1.29, 1.82) is 0 Å². The summed E-state index contributed by atoms with van der Waals surface area (Å²) in [6.45, 7) is 0.652. The zero-order chi connectivity index (χ0) is 23.9. The summed E-state index contributed by atoms with van der Waals surface area (Å²) < 4.78 is 16.4. The van der Waals surface area contributed by atoms with Crippen molar-refractivity contribution in [2.24, 2.45) is 0 Å². The molecule has 4 rings (SSSR count). The van der Waals surface area contributed by atoms with Crippen molar-refractivity contribution in [3.8, 4) is 11.5 Å². The maximum absolute atomic E-state index is 12.5. The van der Waals surface area contributed by atoms with Gasteiger partial charge in [-0.25, -0.2) is 4.79 Å². The molecule has 0 bridgehead atoms. The van der Waals surface area contributed by atoms with E-state index in [2.05, 4.69) is 0 Å². The Morgan fingerprint density at radius 3 is 2.32 bits per heavy atom. The van der Waals surface area contributed by atoms with E-state index in [4.69, 9.17) is 14.2 Å². The number of anilines is 1. The predicted octanol–water partition coefficient (Wildman–Crippen LogP) is 4.44. The normalized spacial score (nSPS) is 13.0. The molecule has 1 fully saturated rings. The number of rotatable bonds is 9. The molecule has 0 saturated carbocycles. The molecule has 1 aliphatic rings. The monoisotopic (exact) mass is 459 g/mol. The van der Waals surface area contributed by atoms with E-state index in [1.807, 2.05) is 30.3 Å². The number of hydrogen-bond acceptors (Lipinski definition) is 6. The van der Waals surface area contributed by atoms with Crippen LogP contribution >= 0.6 is 0 Å². The van der Waals surface area contributed by atoms with Gasteiger partial charge in [-0.3, -0.25) is 9.59 Å². The first-order valence-electron chi connectivity index (χ1n) is 11.0. The van der Waals surface area contributed by atoms with E-state index in [1.165, 1.54) is 13.2 Å². The molecule has 0 atom stereocenters. The van der Waals surface area contributed by atoms with Gasteiger partial charge in [-0.1, -0.05) is 30.3 Å². The first-order chi connectivity index (χ1) is 16.5. The van der Waals surface area contributed by atoms with Crippen molar-refractivity contribution < 1.29 is 28.6 Å². The maximum Gasteiger partial charge on any atom is 0.338 e. The number of Topliss-reactive ketones (excluding diaryl/α,β-unsaturated/α-hetero) is 1. The van der Waals surface area contributed by atoms with Crippen LogP contribution < -0.4 is 14.4 Å². The van der Waals surface area contributed by atoms with E-state index in [0.717, 1.165) is 17.7 Å². The second kappa shape index (κ2) is 10.7.